The van der Waals surface area contributed by atoms with E-state index in [1.54, 1.807) is 39.1 Å². The highest BCUT2D eigenvalue weighted by Crippen LogP contribution is 2.63. The van der Waals surface area contributed by atoms with Crippen LogP contribution in [0.25, 0.3) is 0 Å². The number of cyclic esters (lactones) is 2. The van der Waals surface area contributed by atoms with Crippen LogP contribution in [0, 0.1) is 20.9 Å². The van der Waals surface area contributed by atoms with Gasteiger partial charge in [0.25, 0.3) is 11.5 Å². The smallest absolute Gasteiger partial charge is 0.330 e. The van der Waals surface area contributed by atoms with Gasteiger partial charge in [-0.2, -0.15) is 5.10 Å². The predicted octanol–water partition coefficient (Wildman–Crippen LogP) is 3.89. The highest BCUT2D eigenvalue weighted by atomic mass is 16.7. The van der Waals surface area contributed by atoms with Crippen molar-refractivity contribution >= 4 is 29.6 Å². The van der Waals surface area contributed by atoms with Crippen LogP contribution in [0.2, 0.25) is 0 Å². The molecule has 2 aromatic carbocycles. The summed E-state index contributed by atoms with van der Waals surface area (Å²) in [4.78, 5) is 52.9. The molecule has 3 aliphatic heterocycles. The summed E-state index contributed by atoms with van der Waals surface area (Å²) in [7, 11) is 0. The van der Waals surface area contributed by atoms with Crippen LogP contribution in [0.1, 0.15) is 63.3 Å². The Morgan fingerprint density at radius 1 is 1.03 bits per heavy atom. The van der Waals surface area contributed by atoms with Gasteiger partial charge in [-0.3, -0.25) is 29.5 Å². The van der Waals surface area contributed by atoms with Crippen molar-refractivity contribution in [2.75, 3.05) is 0 Å². The SMILES string of the molecule is CC1(C)OC(=O)C2(C(=O)O1)[C@H](c1ccc([N+](=O)[O-])cc1)[C@@H](C(=O)C(C)(C)C)N1N=Cc3ccccc3[C@@H]12. The average molecular weight is 506 g/mol. The summed E-state index contributed by atoms with van der Waals surface area (Å²) >= 11 is 0. The number of benzene rings is 2. The third-order valence-electron chi connectivity index (χ3n) is 7.23. The van der Waals surface area contributed by atoms with Crippen molar-refractivity contribution in [1.82, 2.24) is 5.01 Å². The lowest BCUT2D eigenvalue weighted by Gasteiger charge is -2.44. The summed E-state index contributed by atoms with van der Waals surface area (Å²) in [6, 6.07) is 10.7. The van der Waals surface area contributed by atoms with Crippen LogP contribution in [0.15, 0.2) is 53.6 Å². The minimum Gasteiger partial charge on any atom is -0.422 e. The molecule has 3 heterocycles. The van der Waals surface area contributed by atoms with Crippen LogP contribution in [-0.2, 0) is 23.9 Å². The predicted molar refractivity (Wildman–Crippen MR) is 131 cm³/mol. The van der Waals surface area contributed by atoms with Gasteiger partial charge in [0.1, 0.15) is 12.1 Å². The molecular formula is C27H27N3O7. The maximum atomic E-state index is 14.1. The Hall–Kier alpha value is -4.08. The van der Waals surface area contributed by atoms with E-state index in [-0.39, 0.29) is 11.5 Å². The number of rotatable bonds is 3. The van der Waals surface area contributed by atoms with Crippen molar-refractivity contribution in [3.63, 3.8) is 0 Å². The molecule has 0 amide bonds. The van der Waals surface area contributed by atoms with Crippen molar-refractivity contribution in [3.8, 4) is 0 Å². The first-order valence-electron chi connectivity index (χ1n) is 12.0. The Balaban J connectivity index is 1.83. The summed E-state index contributed by atoms with van der Waals surface area (Å²) in [6.45, 7) is 8.20. The maximum absolute atomic E-state index is 14.1. The van der Waals surface area contributed by atoms with Crippen molar-refractivity contribution in [3.05, 3.63) is 75.3 Å². The van der Waals surface area contributed by atoms with E-state index in [0.717, 1.165) is 0 Å². The number of esters is 2. The fourth-order valence-electron chi connectivity index (χ4n) is 5.63. The Bertz CT molecular complexity index is 1340. The van der Waals surface area contributed by atoms with E-state index in [4.69, 9.17) is 9.47 Å². The first-order valence-corrected chi connectivity index (χ1v) is 12.0. The second-order valence-electron chi connectivity index (χ2n) is 11.1. The van der Waals surface area contributed by atoms with Crippen LogP contribution in [0.3, 0.4) is 0 Å². The van der Waals surface area contributed by atoms with Crippen LogP contribution in [0.5, 0.6) is 0 Å². The third-order valence-corrected chi connectivity index (χ3v) is 7.23. The number of ether oxygens (including phenoxy) is 2. The second-order valence-corrected chi connectivity index (χ2v) is 11.1. The molecule has 37 heavy (non-hydrogen) atoms. The van der Waals surface area contributed by atoms with Gasteiger partial charge >= 0.3 is 11.9 Å². The number of fused-ring (bicyclic) bond motifs is 4. The number of hydrogen-bond donors (Lipinski definition) is 0. The number of non-ortho nitro benzene ring substituents is 1. The van der Waals surface area contributed by atoms with E-state index in [2.05, 4.69) is 5.10 Å². The monoisotopic (exact) mass is 505 g/mol. The van der Waals surface area contributed by atoms with Crippen molar-refractivity contribution in [2.24, 2.45) is 15.9 Å². The Morgan fingerprint density at radius 2 is 1.62 bits per heavy atom. The summed E-state index contributed by atoms with van der Waals surface area (Å²) in [5, 5.41) is 17.4. The summed E-state index contributed by atoms with van der Waals surface area (Å²) < 4.78 is 11.4. The second kappa shape index (κ2) is 7.96. The van der Waals surface area contributed by atoms with E-state index in [1.807, 2.05) is 12.1 Å². The van der Waals surface area contributed by atoms with Crippen molar-refractivity contribution < 1.29 is 28.8 Å². The van der Waals surface area contributed by atoms with E-state index in [0.29, 0.717) is 16.7 Å². The molecule has 192 valence electrons. The van der Waals surface area contributed by atoms with Gasteiger partial charge in [0.2, 0.25) is 5.41 Å². The standard InChI is InChI=1S/C27H27N3O7/c1-25(2,3)22(31)20-19(15-10-12-17(13-11-15)30(34)35)27(23(32)36-26(4,5)37-24(27)33)21-18-9-7-6-8-16(18)14-28-29(20)21/h6-14,19-21H,1-5H3/t19-,20+,21-/m1/s1. The minimum absolute atomic E-state index is 0.162. The number of hydrogen-bond acceptors (Lipinski definition) is 9. The zero-order valence-electron chi connectivity index (χ0n) is 21.1. The molecule has 3 aliphatic rings. The topological polar surface area (TPSA) is 128 Å². The zero-order chi connectivity index (χ0) is 26.9. The molecule has 2 saturated heterocycles. The maximum Gasteiger partial charge on any atom is 0.330 e. The number of ketones is 1. The molecule has 0 bridgehead atoms. The fourth-order valence-corrected chi connectivity index (χ4v) is 5.63. The average Bonchev–Trinajstić information content (AvgIpc) is 3.13. The molecule has 0 aromatic heterocycles. The lowest BCUT2D eigenvalue weighted by atomic mass is 9.64. The third kappa shape index (κ3) is 3.53. The van der Waals surface area contributed by atoms with Gasteiger partial charge in [-0.15, -0.1) is 0 Å². The quantitative estimate of drug-likeness (QED) is 0.266. The molecule has 10 nitrogen and oxygen atoms in total. The molecular weight excluding hydrogens is 478 g/mol. The number of hydrazone groups is 1. The van der Waals surface area contributed by atoms with E-state index >= 15 is 0 Å². The van der Waals surface area contributed by atoms with E-state index in [1.165, 1.54) is 43.1 Å². The Labute approximate surface area is 213 Å². The van der Waals surface area contributed by atoms with Crippen molar-refractivity contribution in [1.29, 1.82) is 0 Å². The lowest BCUT2D eigenvalue weighted by Crippen LogP contribution is -2.58. The number of nitro benzene ring substituents is 1. The zero-order valence-corrected chi connectivity index (χ0v) is 21.1. The van der Waals surface area contributed by atoms with Gasteiger partial charge in [-0.1, -0.05) is 57.2 Å². The van der Waals surface area contributed by atoms with Crippen LogP contribution in [0.4, 0.5) is 5.69 Å². The van der Waals surface area contributed by atoms with E-state index in [9.17, 15) is 24.5 Å². The van der Waals surface area contributed by atoms with Gasteiger partial charge in [0.05, 0.1) is 11.1 Å². The molecule has 0 unspecified atom stereocenters. The van der Waals surface area contributed by atoms with Crippen LogP contribution < -0.4 is 0 Å². The fraction of sp³-hybridized carbons (Fsp3) is 0.407. The van der Waals surface area contributed by atoms with Gasteiger partial charge < -0.3 is 9.47 Å². The highest BCUT2D eigenvalue weighted by Gasteiger charge is 2.75. The number of carbonyl (C=O) groups is 3. The van der Waals surface area contributed by atoms with Gasteiger partial charge in [0, 0.05) is 37.3 Å². The van der Waals surface area contributed by atoms with Crippen LogP contribution >= 0.6 is 0 Å². The number of carbonyl (C=O) groups excluding carboxylic acids is 3. The largest absolute Gasteiger partial charge is 0.422 e. The number of Topliss-reactive ketones (excluding diaryl/α,β-unsaturated/α-hetero) is 1. The molecule has 0 N–H and O–H groups in total. The molecule has 0 radical (unpaired) electrons. The normalized spacial score (nSPS) is 25.2. The first kappa shape index (κ1) is 24.6. The molecule has 0 saturated carbocycles. The molecule has 2 fully saturated rings. The lowest BCUT2D eigenvalue weighted by molar-refractivity contribution is -0.384. The highest BCUT2D eigenvalue weighted by molar-refractivity contribution is 6.07. The van der Waals surface area contributed by atoms with E-state index < -0.39 is 51.5 Å². The number of nitro groups is 1. The summed E-state index contributed by atoms with van der Waals surface area (Å²) in [5.41, 5.74) is -1.31. The van der Waals surface area contributed by atoms with Crippen LogP contribution in [-0.4, -0.2) is 45.7 Å². The summed E-state index contributed by atoms with van der Waals surface area (Å²) in [6.07, 6.45) is 1.60. The summed E-state index contributed by atoms with van der Waals surface area (Å²) in [5.74, 6) is -4.51. The molecule has 10 heteroatoms. The molecule has 3 atom stereocenters. The Kier molecular flexibility index (Phi) is 5.29. The van der Waals surface area contributed by atoms with Gasteiger partial charge in [-0.25, -0.2) is 0 Å². The van der Waals surface area contributed by atoms with Crippen molar-refractivity contribution in [2.45, 2.75) is 58.4 Å². The Morgan fingerprint density at radius 3 is 2.19 bits per heavy atom. The molecule has 1 spiro atoms. The molecule has 5 rings (SSSR count). The van der Waals surface area contributed by atoms with Gasteiger partial charge in [0.15, 0.2) is 5.78 Å². The number of nitrogens with zero attached hydrogens (tertiary/aromatic N) is 3. The molecule has 2 aromatic rings. The molecule has 0 aliphatic carbocycles. The van der Waals surface area contributed by atoms with Gasteiger partial charge in [-0.05, 0) is 16.7 Å². The minimum atomic E-state index is -1.99. The first-order chi connectivity index (χ1) is 17.3.